The monoisotopic (exact) mass is 335 g/mol. The van der Waals surface area contributed by atoms with Crippen LogP contribution in [0.1, 0.15) is 34.8 Å². The summed E-state index contributed by atoms with van der Waals surface area (Å²) < 4.78 is 32.1. The Morgan fingerprint density at radius 2 is 2.10 bits per heavy atom. The molecule has 0 saturated heterocycles. The highest BCUT2D eigenvalue weighted by Crippen LogP contribution is 2.26. The molecule has 0 aromatic carbocycles. The molecule has 0 aliphatic heterocycles. The van der Waals surface area contributed by atoms with Gasteiger partial charge in [-0.15, -0.1) is 11.3 Å². The molecule has 0 atom stereocenters. The van der Waals surface area contributed by atoms with E-state index in [1.165, 1.54) is 6.07 Å². The van der Waals surface area contributed by atoms with E-state index in [1.807, 2.05) is 13.8 Å². The number of aromatic carboxylic acids is 1. The average molecular weight is 335 g/mol. The number of hydrogen-bond acceptors (Lipinski definition) is 5. The first-order valence-electron chi connectivity index (χ1n) is 6.41. The maximum atomic E-state index is 12.3. The number of rotatable bonds is 8. The Morgan fingerprint density at radius 1 is 1.48 bits per heavy atom. The highest BCUT2D eigenvalue weighted by atomic mass is 32.2. The molecular formula is C13H21NO5S2. The molecule has 1 aromatic rings. The van der Waals surface area contributed by atoms with Gasteiger partial charge in [-0.1, -0.05) is 13.8 Å². The fourth-order valence-electron chi connectivity index (χ4n) is 1.67. The summed E-state index contributed by atoms with van der Waals surface area (Å²) in [5.74, 6) is -1.12. The van der Waals surface area contributed by atoms with Gasteiger partial charge in [-0.25, -0.2) is 17.9 Å². The van der Waals surface area contributed by atoms with E-state index in [4.69, 9.17) is 9.84 Å². The number of sulfonamides is 1. The van der Waals surface area contributed by atoms with Gasteiger partial charge in [-0.2, -0.15) is 0 Å². The SMILES string of the molecule is COCCC(C)(C)CNS(=O)(=O)c1cc(C(=O)O)sc1C. The van der Waals surface area contributed by atoms with Crippen LogP contribution in [0.15, 0.2) is 11.0 Å². The van der Waals surface area contributed by atoms with Crippen molar-refractivity contribution >= 4 is 27.3 Å². The minimum absolute atomic E-state index is 0.0199. The summed E-state index contributed by atoms with van der Waals surface area (Å²) in [6.45, 7) is 6.29. The van der Waals surface area contributed by atoms with Crippen LogP contribution in [-0.4, -0.2) is 39.8 Å². The third-order valence-corrected chi connectivity index (χ3v) is 5.79. The maximum absolute atomic E-state index is 12.3. The van der Waals surface area contributed by atoms with Gasteiger partial charge in [0.25, 0.3) is 0 Å². The van der Waals surface area contributed by atoms with E-state index in [-0.39, 0.29) is 21.7 Å². The molecule has 0 radical (unpaired) electrons. The zero-order valence-corrected chi connectivity index (χ0v) is 14.2. The lowest BCUT2D eigenvalue weighted by Gasteiger charge is -2.24. The Kier molecular flexibility index (Phi) is 5.92. The molecule has 0 aliphatic carbocycles. The second-order valence-corrected chi connectivity index (χ2v) is 8.56. The molecule has 120 valence electrons. The van der Waals surface area contributed by atoms with Gasteiger partial charge in [0.05, 0.1) is 4.90 Å². The van der Waals surface area contributed by atoms with Gasteiger partial charge in [0.1, 0.15) is 4.88 Å². The lowest BCUT2D eigenvalue weighted by Crippen LogP contribution is -2.34. The number of hydrogen-bond donors (Lipinski definition) is 2. The van der Waals surface area contributed by atoms with Gasteiger partial charge in [-0.05, 0) is 24.8 Å². The molecule has 21 heavy (non-hydrogen) atoms. The average Bonchev–Trinajstić information content (AvgIpc) is 2.78. The van der Waals surface area contributed by atoms with Crippen LogP contribution in [0.2, 0.25) is 0 Å². The van der Waals surface area contributed by atoms with Crippen molar-refractivity contribution in [2.45, 2.75) is 32.1 Å². The minimum atomic E-state index is -3.71. The molecule has 1 aromatic heterocycles. The molecule has 0 spiro atoms. The fourth-order valence-corrected chi connectivity index (χ4v) is 4.34. The Bertz CT molecular complexity index is 604. The van der Waals surface area contributed by atoms with E-state index in [2.05, 4.69) is 4.72 Å². The van der Waals surface area contributed by atoms with Crippen molar-refractivity contribution in [3.63, 3.8) is 0 Å². The van der Waals surface area contributed by atoms with Crippen molar-refractivity contribution in [1.29, 1.82) is 0 Å². The van der Waals surface area contributed by atoms with E-state index in [0.29, 0.717) is 11.5 Å². The molecule has 8 heteroatoms. The summed E-state index contributed by atoms with van der Waals surface area (Å²) in [6, 6.07) is 1.20. The first kappa shape index (κ1) is 18.1. The highest BCUT2D eigenvalue weighted by Gasteiger charge is 2.25. The van der Waals surface area contributed by atoms with Crippen LogP contribution < -0.4 is 4.72 Å². The quantitative estimate of drug-likeness (QED) is 0.759. The molecule has 2 N–H and O–H groups in total. The number of ether oxygens (including phenoxy) is 1. The van der Waals surface area contributed by atoms with Crippen LogP contribution in [0.5, 0.6) is 0 Å². The molecular weight excluding hydrogens is 314 g/mol. The minimum Gasteiger partial charge on any atom is -0.477 e. The second kappa shape index (κ2) is 6.87. The van der Waals surface area contributed by atoms with Gasteiger partial charge in [0.2, 0.25) is 10.0 Å². The van der Waals surface area contributed by atoms with Crippen LogP contribution in [0, 0.1) is 12.3 Å². The zero-order chi connectivity index (χ0) is 16.3. The molecule has 0 fully saturated rings. The molecule has 6 nitrogen and oxygen atoms in total. The van der Waals surface area contributed by atoms with Crippen LogP contribution >= 0.6 is 11.3 Å². The number of methoxy groups -OCH3 is 1. The smallest absolute Gasteiger partial charge is 0.345 e. The van der Waals surface area contributed by atoms with Crippen molar-refractivity contribution in [3.8, 4) is 0 Å². The lowest BCUT2D eigenvalue weighted by atomic mass is 9.90. The van der Waals surface area contributed by atoms with Crippen LogP contribution in [0.25, 0.3) is 0 Å². The summed E-state index contributed by atoms with van der Waals surface area (Å²) in [5, 5.41) is 8.93. The molecule has 0 amide bonds. The van der Waals surface area contributed by atoms with Gasteiger partial charge >= 0.3 is 5.97 Å². The van der Waals surface area contributed by atoms with Gasteiger partial charge in [-0.3, -0.25) is 0 Å². The van der Waals surface area contributed by atoms with Crippen molar-refractivity contribution in [1.82, 2.24) is 4.72 Å². The molecule has 0 saturated carbocycles. The molecule has 1 heterocycles. The first-order valence-corrected chi connectivity index (χ1v) is 8.71. The Balaban J connectivity index is 2.85. The van der Waals surface area contributed by atoms with E-state index in [0.717, 1.165) is 17.8 Å². The third-order valence-electron chi connectivity index (χ3n) is 3.10. The second-order valence-electron chi connectivity index (χ2n) is 5.57. The van der Waals surface area contributed by atoms with E-state index in [9.17, 15) is 13.2 Å². The molecule has 0 unspecified atom stereocenters. The Morgan fingerprint density at radius 3 is 2.57 bits per heavy atom. The molecule has 1 rings (SSSR count). The van der Waals surface area contributed by atoms with Crippen molar-refractivity contribution < 1.29 is 23.1 Å². The summed E-state index contributed by atoms with van der Waals surface area (Å²) >= 11 is 0.958. The summed E-state index contributed by atoms with van der Waals surface area (Å²) in [5.41, 5.74) is -0.247. The van der Waals surface area contributed by atoms with Crippen LogP contribution in [0.3, 0.4) is 0 Å². The van der Waals surface area contributed by atoms with E-state index in [1.54, 1.807) is 14.0 Å². The van der Waals surface area contributed by atoms with Crippen molar-refractivity contribution in [2.75, 3.05) is 20.3 Å². The maximum Gasteiger partial charge on any atom is 0.345 e. The number of thiophene rings is 1. The first-order chi connectivity index (χ1) is 9.59. The molecule has 0 bridgehead atoms. The molecule has 0 aliphatic rings. The largest absolute Gasteiger partial charge is 0.477 e. The summed E-state index contributed by atoms with van der Waals surface area (Å²) in [7, 11) is -2.11. The number of nitrogens with one attached hydrogen (secondary N) is 1. The summed E-state index contributed by atoms with van der Waals surface area (Å²) in [6.07, 6.45) is 0.717. The van der Waals surface area contributed by atoms with Crippen LogP contribution in [-0.2, 0) is 14.8 Å². The zero-order valence-electron chi connectivity index (χ0n) is 12.6. The van der Waals surface area contributed by atoms with Gasteiger partial charge in [0.15, 0.2) is 0 Å². The predicted octanol–water partition coefficient (Wildman–Crippen LogP) is 2.10. The standard InChI is InChI=1S/C13H21NO5S2/c1-9-11(7-10(20-9)12(15)16)21(17,18)14-8-13(2,3)5-6-19-4/h7,14H,5-6,8H2,1-4H3,(H,15,16). The number of carboxylic acid groups (broad SMARTS) is 1. The fraction of sp³-hybridized carbons (Fsp3) is 0.615. The van der Waals surface area contributed by atoms with E-state index < -0.39 is 16.0 Å². The predicted molar refractivity (Wildman–Crippen MR) is 81.5 cm³/mol. The van der Waals surface area contributed by atoms with Gasteiger partial charge in [0, 0.05) is 25.1 Å². The lowest BCUT2D eigenvalue weighted by molar-refractivity contribution is 0.0702. The highest BCUT2D eigenvalue weighted by molar-refractivity contribution is 7.89. The third kappa shape index (κ3) is 5.06. The van der Waals surface area contributed by atoms with Crippen molar-refractivity contribution in [2.24, 2.45) is 5.41 Å². The number of carboxylic acids is 1. The number of carbonyl (C=O) groups is 1. The normalized spacial score (nSPS) is 12.6. The Labute approximate surface area is 129 Å². The van der Waals surface area contributed by atoms with E-state index >= 15 is 0 Å². The summed E-state index contributed by atoms with van der Waals surface area (Å²) in [4.78, 5) is 11.4. The topological polar surface area (TPSA) is 92.7 Å². The van der Waals surface area contributed by atoms with Gasteiger partial charge < -0.3 is 9.84 Å². The van der Waals surface area contributed by atoms with Crippen LogP contribution in [0.4, 0.5) is 0 Å². The number of aryl methyl sites for hydroxylation is 1. The Hall–Kier alpha value is -0.960. The van der Waals surface area contributed by atoms with Crippen molar-refractivity contribution in [3.05, 3.63) is 15.8 Å².